The Morgan fingerprint density at radius 1 is 1.37 bits per heavy atom. The lowest BCUT2D eigenvalue weighted by Crippen LogP contribution is -2.37. The van der Waals surface area contributed by atoms with Gasteiger partial charge in [-0.1, -0.05) is 0 Å². The summed E-state index contributed by atoms with van der Waals surface area (Å²) in [5.74, 6) is -0.589. The zero-order valence-electron chi connectivity index (χ0n) is 10.5. The van der Waals surface area contributed by atoms with E-state index in [1.165, 1.54) is 25.0 Å². The first kappa shape index (κ1) is 13.1. The molecule has 1 aromatic rings. The molecule has 102 valence electrons. The molecule has 1 N–H and O–H groups in total. The number of hydrogen-bond acceptors (Lipinski definition) is 2. The number of nitrogens with zero attached hydrogens (tertiary/aromatic N) is 1. The first-order chi connectivity index (χ1) is 9.13. The van der Waals surface area contributed by atoms with Gasteiger partial charge in [0.25, 0.3) is 5.91 Å². The van der Waals surface area contributed by atoms with Crippen LogP contribution in [0.5, 0.6) is 0 Å². The Kier molecular flexibility index (Phi) is 3.58. The number of benzene rings is 1. The van der Waals surface area contributed by atoms with Crippen molar-refractivity contribution in [3.05, 3.63) is 34.1 Å². The highest BCUT2D eigenvalue weighted by atomic mass is 79.9. The van der Waals surface area contributed by atoms with E-state index in [-0.39, 0.29) is 17.8 Å². The molecule has 2 aliphatic rings. The molecule has 0 radical (unpaired) electrons. The molecule has 5 heteroatoms. The fourth-order valence-electron chi connectivity index (χ4n) is 2.61. The van der Waals surface area contributed by atoms with Gasteiger partial charge in [-0.3, -0.25) is 9.69 Å². The van der Waals surface area contributed by atoms with E-state index in [0.717, 1.165) is 25.6 Å². The predicted molar refractivity (Wildman–Crippen MR) is 74.6 cm³/mol. The average molecular weight is 327 g/mol. The van der Waals surface area contributed by atoms with Crippen molar-refractivity contribution in [2.75, 3.05) is 13.1 Å². The minimum Gasteiger partial charge on any atom is -0.348 e. The van der Waals surface area contributed by atoms with E-state index in [4.69, 9.17) is 0 Å². The molecule has 2 fully saturated rings. The Balaban J connectivity index is 1.63. The van der Waals surface area contributed by atoms with Gasteiger partial charge in [0, 0.05) is 29.6 Å². The Labute approximate surface area is 120 Å². The summed E-state index contributed by atoms with van der Waals surface area (Å²) in [6.45, 7) is 1.98. The molecular formula is C14H16BrFN2O. The van der Waals surface area contributed by atoms with Crippen molar-refractivity contribution in [3.8, 4) is 0 Å². The number of rotatable bonds is 3. The standard InChI is InChI=1S/C14H16BrFN2O/c15-13-4-1-9(16)7-12(13)14(19)17-10-5-6-18(8-10)11-2-3-11/h1,4,7,10-11H,2-3,5-6,8H2,(H,17,19). The SMILES string of the molecule is O=C(NC1CCN(C2CC2)C1)c1cc(F)ccc1Br. The lowest BCUT2D eigenvalue weighted by molar-refractivity contribution is 0.0936. The molecule has 1 saturated heterocycles. The van der Waals surface area contributed by atoms with Crippen LogP contribution in [0, 0.1) is 5.82 Å². The number of nitrogens with one attached hydrogen (secondary N) is 1. The molecule has 0 bridgehead atoms. The minimum absolute atomic E-state index is 0.184. The summed E-state index contributed by atoms with van der Waals surface area (Å²) in [7, 11) is 0. The van der Waals surface area contributed by atoms with E-state index in [1.54, 1.807) is 6.07 Å². The number of amides is 1. The van der Waals surface area contributed by atoms with Gasteiger partial charge in [0.2, 0.25) is 0 Å². The summed E-state index contributed by atoms with van der Waals surface area (Å²) < 4.78 is 13.8. The fraction of sp³-hybridized carbons (Fsp3) is 0.500. The third kappa shape index (κ3) is 2.98. The van der Waals surface area contributed by atoms with Gasteiger partial charge in [-0.15, -0.1) is 0 Å². The topological polar surface area (TPSA) is 32.3 Å². The number of carbonyl (C=O) groups is 1. The quantitative estimate of drug-likeness (QED) is 0.925. The van der Waals surface area contributed by atoms with E-state index >= 15 is 0 Å². The van der Waals surface area contributed by atoms with Gasteiger partial charge in [0.05, 0.1) is 5.56 Å². The Hall–Kier alpha value is -0.940. The first-order valence-electron chi connectivity index (χ1n) is 6.63. The van der Waals surface area contributed by atoms with Crippen LogP contribution in [0.25, 0.3) is 0 Å². The highest BCUT2D eigenvalue weighted by Gasteiger charge is 2.34. The number of likely N-dealkylation sites (tertiary alicyclic amines) is 1. The van der Waals surface area contributed by atoms with Gasteiger partial charge in [0.1, 0.15) is 5.82 Å². The van der Waals surface area contributed by atoms with Crippen molar-refractivity contribution in [2.24, 2.45) is 0 Å². The van der Waals surface area contributed by atoms with Crippen LogP contribution in [0.15, 0.2) is 22.7 Å². The van der Waals surface area contributed by atoms with Crippen LogP contribution in [0.3, 0.4) is 0 Å². The normalized spacial score (nSPS) is 23.6. The fourth-order valence-corrected chi connectivity index (χ4v) is 3.04. The minimum atomic E-state index is -0.389. The second-order valence-corrected chi connectivity index (χ2v) is 6.16. The van der Waals surface area contributed by atoms with Crippen LogP contribution in [0.1, 0.15) is 29.6 Å². The van der Waals surface area contributed by atoms with Crippen molar-refractivity contribution in [3.63, 3.8) is 0 Å². The van der Waals surface area contributed by atoms with Crippen LogP contribution >= 0.6 is 15.9 Å². The molecule has 0 spiro atoms. The van der Waals surface area contributed by atoms with Gasteiger partial charge in [-0.25, -0.2) is 4.39 Å². The van der Waals surface area contributed by atoms with E-state index in [2.05, 4.69) is 26.1 Å². The molecule has 19 heavy (non-hydrogen) atoms. The second-order valence-electron chi connectivity index (χ2n) is 5.31. The van der Waals surface area contributed by atoms with Crippen LogP contribution in [-0.2, 0) is 0 Å². The van der Waals surface area contributed by atoms with E-state index < -0.39 is 0 Å². The van der Waals surface area contributed by atoms with Crippen molar-refractivity contribution in [1.82, 2.24) is 10.2 Å². The molecule has 3 rings (SSSR count). The number of carbonyl (C=O) groups excluding carboxylic acids is 1. The molecule has 1 saturated carbocycles. The van der Waals surface area contributed by atoms with E-state index in [0.29, 0.717) is 10.0 Å². The molecule has 1 amide bonds. The Morgan fingerprint density at radius 2 is 2.16 bits per heavy atom. The van der Waals surface area contributed by atoms with Gasteiger partial charge >= 0.3 is 0 Å². The molecule has 1 unspecified atom stereocenters. The van der Waals surface area contributed by atoms with Gasteiger partial charge in [-0.2, -0.15) is 0 Å². The summed E-state index contributed by atoms with van der Waals surface area (Å²) in [6, 6.07) is 5.10. The predicted octanol–water partition coefficient (Wildman–Crippen LogP) is 2.55. The molecule has 1 aromatic carbocycles. The van der Waals surface area contributed by atoms with E-state index in [9.17, 15) is 9.18 Å². The number of hydrogen-bond donors (Lipinski definition) is 1. The second kappa shape index (κ2) is 5.21. The molecule has 1 aliphatic heterocycles. The average Bonchev–Trinajstić information content (AvgIpc) is 3.13. The third-order valence-corrected chi connectivity index (χ3v) is 4.48. The van der Waals surface area contributed by atoms with Crippen LogP contribution in [-0.4, -0.2) is 36.0 Å². The molecular weight excluding hydrogens is 311 g/mol. The summed E-state index contributed by atoms with van der Waals surface area (Å²) in [5, 5.41) is 3.00. The summed E-state index contributed by atoms with van der Waals surface area (Å²) in [5.41, 5.74) is 0.366. The molecule has 3 nitrogen and oxygen atoms in total. The highest BCUT2D eigenvalue weighted by Crippen LogP contribution is 2.30. The maximum atomic E-state index is 13.2. The summed E-state index contributed by atoms with van der Waals surface area (Å²) in [6.07, 6.45) is 3.56. The maximum Gasteiger partial charge on any atom is 0.252 e. The van der Waals surface area contributed by atoms with Gasteiger partial charge in [0.15, 0.2) is 0 Å². The van der Waals surface area contributed by atoms with Crippen molar-refractivity contribution in [2.45, 2.75) is 31.3 Å². The van der Waals surface area contributed by atoms with Crippen molar-refractivity contribution >= 4 is 21.8 Å². The third-order valence-electron chi connectivity index (χ3n) is 3.79. The Bertz CT molecular complexity index is 504. The smallest absolute Gasteiger partial charge is 0.252 e. The van der Waals surface area contributed by atoms with E-state index in [1.807, 2.05) is 0 Å². The van der Waals surface area contributed by atoms with Crippen molar-refractivity contribution in [1.29, 1.82) is 0 Å². The lowest BCUT2D eigenvalue weighted by Gasteiger charge is -2.16. The van der Waals surface area contributed by atoms with Gasteiger partial charge in [-0.05, 0) is 53.4 Å². The van der Waals surface area contributed by atoms with Crippen LogP contribution in [0.4, 0.5) is 4.39 Å². The van der Waals surface area contributed by atoms with Gasteiger partial charge < -0.3 is 5.32 Å². The maximum absolute atomic E-state index is 13.2. The largest absolute Gasteiger partial charge is 0.348 e. The highest BCUT2D eigenvalue weighted by molar-refractivity contribution is 9.10. The first-order valence-corrected chi connectivity index (χ1v) is 7.43. The lowest BCUT2D eigenvalue weighted by atomic mass is 10.2. The molecule has 0 aromatic heterocycles. The summed E-state index contributed by atoms with van der Waals surface area (Å²) in [4.78, 5) is 14.6. The summed E-state index contributed by atoms with van der Waals surface area (Å²) >= 11 is 3.29. The zero-order chi connectivity index (χ0) is 13.4. The molecule has 1 atom stereocenters. The Morgan fingerprint density at radius 3 is 2.89 bits per heavy atom. The monoisotopic (exact) mass is 326 g/mol. The van der Waals surface area contributed by atoms with Crippen molar-refractivity contribution < 1.29 is 9.18 Å². The molecule has 1 heterocycles. The van der Waals surface area contributed by atoms with Crippen LogP contribution in [0.2, 0.25) is 0 Å². The number of halogens is 2. The van der Waals surface area contributed by atoms with Crippen LogP contribution < -0.4 is 5.32 Å². The molecule has 1 aliphatic carbocycles. The zero-order valence-corrected chi connectivity index (χ0v) is 12.1.